The van der Waals surface area contributed by atoms with Crippen LogP contribution in [0.4, 0.5) is 0 Å². The molecule has 10 heteroatoms. The molecule has 2 aliphatic rings. The third kappa shape index (κ3) is 3.38. The zero-order chi connectivity index (χ0) is 24.0. The van der Waals surface area contributed by atoms with E-state index in [1.54, 1.807) is 24.3 Å². The van der Waals surface area contributed by atoms with Crippen LogP contribution >= 0.6 is 0 Å². The van der Waals surface area contributed by atoms with Gasteiger partial charge in [-0.15, -0.1) is 0 Å². The summed E-state index contributed by atoms with van der Waals surface area (Å²) in [7, 11) is 3.46. The van der Waals surface area contributed by atoms with Crippen molar-refractivity contribution >= 4 is 0 Å². The fraction of sp³-hybridized carbons (Fsp3) is 0.333. The predicted octanol–water partition coefficient (Wildman–Crippen LogP) is 0.528. The molecule has 0 fully saturated rings. The van der Waals surface area contributed by atoms with E-state index < -0.39 is 23.2 Å². The Balaban J connectivity index is 1.72. The van der Waals surface area contributed by atoms with Crippen molar-refractivity contribution in [2.45, 2.75) is 19.4 Å². The first-order valence-electron chi connectivity index (χ1n) is 11.1. The molecule has 0 radical (unpaired) electrons. The molecule has 10 nitrogen and oxygen atoms in total. The van der Waals surface area contributed by atoms with Crippen LogP contribution in [0.5, 0.6) is 28.9 Å². The van der Waals surface area contributed by atoms with Gasteiger partial charge in [0.2, 0.25) is 18.4 Å². The minimum Gasteiger partial charge on any atom is -0.494 e. The molecular weight excluding hydrogens is 442 g/mol. The first kappa shape index (κ1) is 21.9. The average molecular weight is 468 g/mol. The van der Waals surface area contributed by atoms with Gasteiger partial charge in [-0.05, 0) is 42.8 Å². The van der Waals surface area contributed by atoms with Gasteiger partial charge in [-0.1, -0.05) is 0 Å². The minimum absolute atomic E-state index is 0.0732. The molecule has 0 saturated heterocycles. The highest BCUT2D eigenvalue weighted by Crippen LogP contribution is 2.48. The van der Waals surface area contributed by atoms with Crippen LogP contribution in [0.2, 0.25) is 0 Å². The van der Waals surface area contributed by atoms with E-state index in [-0.39, 0.29) is 12.4 Å². The molecule has 0 amide bonds. The summed E-state index contributed by atoms with van der Waals surface area (Å²) in [5, 5.41) is 11.3. The lowest BCUT2D eigenvalue weighted by atomic mass is 9.87. The lowest BCUT2D eigenvalue weighted by Gasteiger charge is -2.33. The summed E-state index contributed by atoms with van der Waals surface area (Å²) in [5.41, 5.74) is 0.754. The first-order chi connectivity index (χ1) is 16.4. The second-order valence-electron chi connectivity index (χ2n) is 8.25. The van der Waals surface area contributed by atoms with Crippen molar-refractivity contribution in [2.24, 2.45) is 0 Å². The van der Waals surface area contributed by atoms with Gasteiger partial charge in [0.1, 0.15) is 11.3 Å². The van der Waals surface area contributed by atoms with Crippen LogP contribution in [0, 0.1) is 0 Å². The molecule has 178 valence electrons. The van der Waals surface area contributed by atoms with Crippen molar-refractivity contribution in [3.63, 3.8) is 0 Å². The summed E-state index contributed by atoms with van der Waals surface area (Å²) in [6.45, 7) is 3.15. The molecule has 1 aromatic heterocycles. The SMILES string of the molecule is CCOc1ccc(-n2c(O)c([C@@H]3c4c(cc5c(c4OC)OCO5)CC[NH+]3C)c(=O)[nH]c2=O)cc1. The fourth-order valence-electron chi connectivity index (χ4n) is 4.81. The summed E-state index contributed by atoms with van der Waals surface area (Å²) >= 11 is 0. The molecule has 3 N–H and O–H groups in total. The molecule has 0 saturated carbocycles. The molecule has 5 rings (SSSR count). The number of H-pyrrole nitrogens is 1. The van der Waals surface area contributed by atoms with Crippen LogP contribution in [0.1, 0.15) is 29.7 Å². The van der Waals surface area contributed by atoms with E-state index >= 15 is 0 Å². The molecule has 2 aliphatic heterocycles. The van der Waals surface area contributed by atoms with Crippen LogP contribution in [-0.4, -0.2) is 48.8 Å². The Morgan fingerprint density at radius 2 is 1.97 bits per heavy atom. The Bertz CT molecular complexity index is 1360. The second-order valence-corrected chi connectivity index (χ2v) is 8.25. The highest BCUT2D eigenvalue weighted by atomic mass is 16.7. The smallest absolute Gasteiger partial charge is 0.335 e. The number of aromatic hydroxyl groups is 1. The van der Waals surface area contributed by atoms with Crippen molar-refractivity contribution in [1.29, 1.82) is 0 Å². The normalized spacial score (nSPS) is 18.4. The third-order valence-corrected chi connectivity index (χ3v) is 6.33. The van der Waals surface area contributed by atoms with Gasteiger partial charge in [-0.25, -0.2) is 9.36 Å². The van der Waals surface area contributed by atoms with Crippen LogP contribution < -0.4 is 35.1 Å². The van der Waals surface area contributed by atoms with E-state index in [0.29, 0.717) is 41.8 Å². The number of methoxy groups -OCH3 is 1. The van der Waals surface area contributed by atoms with Crippen LogP contribution in [0.25, 0.3) is 5.69 Å². The maximum Gasteiger partial charge on any atom is 0.335 e. The summed E-state index contributed by atoms with van der Waals surface area (Å²) in [4.78, 5) is 29.2. The lowest BCUT2D eigenvalue weighted by molar-refractivity contribution is -0.908. The van der Waals surface area contributed by atoms with E-state index in [1.807, 2.05) is 20.0 Å². The predicted molar refractivity (Wildman–Crippen MR) is 122 cm³/mol. The minimum atomic E-state index is -0.734. The Hall–Kier alpha value is -3.92. The Morgan fingerprint density at radius 3 is 2.68 bits per heavy atom. The molecule has 2 atom stereocenters. The summed E-state index contributed by atoms with van der Waals surface area (Å²) < 4.78 is 23.5. The molecule has 1 unspecified atom stereocenters. The largest absolute Gasteiger partial charge is 0.494 e. The zero-order valence-corrected chi connectivity index (χ0v) is 19.1. The summed E-state index contributed by atoms with van der Waals surface area (Å²) in [6, 6.07) is 7.99. The first-order valence-corrected chi connectivity index (χ1v) is 11.1. The molecule has 34 heavy (non-hydrogen) atoms. The van der Waals surface area contributed by atoms with Gasteiger partial charge in [-0.3, -0.25) is 9.78 Å². The number of quaternary nitrogens is 1. The molecule has 3 aromatic rings. The number of benzene rings is 2. The molecule has 3 heterocycles. The van der Waals surface area contributed by atoms with Gasteiger partial charge >= 0.3 is 5.69 Å². The zero-order valence-electron chi connectivity index (χ0n) is 19.1. The summed E-state index contributed by atoms with van der Waals surface area (Å²) in [6.07, 6.45) is 0.724. The maximum atomic E-state index is 13.1. The van der Waals surface area contributed by atoms with Crippen molar-refractivity contribution in [3.8, 4) is 34.6 Å². The monoisotopic (exact) mass is 468 g/mol. The van der Waals surface area contributed by atoms with Gasteiger partial charge in [0.05, 0.1) is 38.6 Å². The van der Waals surface area contributed by atoms with Crippen molar-refractivity contribution in [3.05, 3.63) is 67.9 Å². The summed E-state index contributed by atoms with van der Waals surface area (Å²) in [5.74, 6) is 1.74. The maximum absolute atomic E-state index is 13.1. The molecular formula is C24H26N3O7+. The van der Waals surface area contributed by atoms with E-state index in [4.69, 9.17) is 18.9 Å². The van der Waals surface area contributed by atoms with Crippen LogP contribution in [0.3, 0.4) is 0 Å². The number of rotatable bonds is 5. The van der Waals surface area contributed by atoms with Gasteiger partial charge in [-0.2, -0.15) is 0 Å². The number of aromatic nitrogens is 2. The van der Waals surface area contributed by atoms with Gasteiger partial charge in [0.25, 0.3) is 5.56 Å². The number of likely N-dealkylation sites (N-methyl/N-ethyl adjacent to an activating group) is 1. The molecule has 0 aliphatic carbocycles. The van der Waals surface area contributed by atoms with Crippen LogP contribution in [0.15, 0.2) is 39.9 Å². The van der Waals surface area contributed by atoms with Gasteiger partial charge < -0.3 is 29.0 Å². The third-order valence-electron chi connectivity index (χ3n) is 6.33. The quantitative estimate of drug-likeness (QED) is 0.500. The van der Waals surface area contributed by atoms with Crippen molar-refractivity contribution in [2.75, 3.05) is 34.1 Å². The number of hydrogen-bond acceptors (Lipinski definition) is 7. The number of hydrogen-bond donors (Lipinski definition) is 3. The van der Waals surface area contributed by atoms with E-state index in [9.17, 15) is 14.7 Å². The van der Waals surface area contributed by atoms with Crippen molar-refractivity contribution in [1.82, 2.24) is 9.55 Å². The Labute approximate surface area is 194 Å². The lowest BCUT2D eigenvalue weighted by Crippen LogP contribution is -3.10. The van der Waals surface area contributed by atoms with E-state index in [2.05, 4.69) is 4.98 Å². The van der Waals surface area contributed by atoms with Crippen LogP contribution in [-0.2, 0) is 6.42 Å². The number of nitrogens with one attached hydrogen (secondary N) is 2. The average Bonchev–Trinajstić information content (AvgIpc) is 3.28. The molecule has 0 spiro atoms. The number of aromatic amines is 1. The Kier molecular flexibility index (Phi) is 5.45. The number of fused-ring (bicyclic) bond motifs is 2. The van der Waals surface area contributed by atoms with E-state index in [1.165, 1.54) is 7.11 Å². The number of ether oxygens (including phenoxy) is 4. The van der Waals surface area contributed by atoms with E-state index in [0.717, 1.165) is 27.0 Å². The Morgan fingerprint density at radius 1 is 1.21 bits per heavy atom. The van der Waals surface area contributed by atoms with Gasteiger partial charge in [0.15, 0.2) is 17.5 Å². The highest BCUT2D eigenvalue weighted by molar-refractivity contribution is 5.63. The second kappa shape index (κ2) is 8.45. The van der Waals surface area contributed by atoms with Gasteiger partial charge in [0, 0.05) is 6.42 Å². The molecule has 2 aromatic carbocycles. The molecule has 0 bridgehead atoms. The van der Waals surface area contributed by atoms with Crippen molar-refractivity contribution < 1.29 is 29.0 Å². The standard InChI is InChI=1S/C24H25N3O7/c1-4-32-15-7-5-14(6-8-15)27-23(29)18(22(28)25-24(27)30)19-17-13(9-10-26(19)2)11-16-20(21(17)31-3)34-12-33-16/h5-8,11,19,29H,4,9-10,12H2,1-3H3,(H,25,28,30)/p+1/t19-/m0/s1. The number of nitrogens with zero attached hydrogens (tertiary/aromatic N) is 1. The topological polar surface area (TPSA) is 116 Å². The fourth-order valence-corrected chi connectivity index (χ4v) is 4.81. The highest BCUT2D eigenvalue weighted by Gasteiger charge is 2.41.